The third-order valence-corrected chi connectivity index (χ3v) is 4.79. The zero-order valence-corrected chi connectivity index (χ0v) is 15.4. The molecule has 3 rings (SSSR count). The van der Waals surface area contributed by atoms with Gasteiger partial charge in [-0.2, -0.15) is 0 Å². The molecule has 1 fully saturated rings. The molecule has 0 amide bonds. The maximum absolute atomic E-state index is 6.03. The first-order valence-electron chi connectivity index (χ1n) is 9.54. The van der Waals surface area contributed by atoms with E-state index in [1.54, 1.807) is 0 Å². The highest BCUT2D eigenvalue weighted by Crippen LogP contribution is 2.16. The van der Waals surface area contributed by atoms with Crippen LogP contribution in [0.25, 0.3) is 0 Å². The number of hydrogen-bond acceptors (Lipinski definition) is 3. The zero-order valence-electron chi connectivity index (χ0n) is 15.4. The third-order valence-electron chi connectivity index (χ3n) is 4.79. The van der Waals surface area contributed by atoms with Gasteiger partial charge in [-0.1, -0.05) is 36.8 Å². The van der Waals surface area contributed by atoms with Crippen LogP contribution in [-0.4, -0.2) is 35.5 Å². The number of aliphatic imine (C=N–C) groups is 1. The molecule has 0 bridgehead atoms. The first-order chi connectivity index (χ1) is 12.8. The number of rotatable bonds is 7. The number of likely N-dealkylation sites (tertiary alicyclic amines) is 1. The van der Waals surface area contributed by atoms with Crippen LogP contribution in [0.4, 0.5) is 0 Å². The molecule has 0 atom stereocenters. The second kappa shape index (κ2) is 9.92. The van der Waals surface area contributed by atoms with E-state index in [2.05, 4.69) is 44.5 Å². The predicted molar refractivity (Wildman–Crippen MR) is 107 cm³/mol. The molecule has 1 saturated heterocycles. The van der Waals surface area contributed by atoms with Crippen molar-refractivity contribution >= 4 is 5.96 Å². The maximum atomic E-state index is 6.03. The Morgan fingerprint density at radius 1 is 1.04 bits per heavy atom. The van der Waals surface area contributed by atoms with Crippen molar-refractivity contribution in [3.8, 4) is 0 Å². The highest BCUT2D eigenvalue weighted by atomic mass is 15.1. The van der Waals surface area contributed by atoms with Gasteiger partial charge in [0.05, 0.1) is 6.54 Å². The third kappa shape index (κ3) is 5.85. The largest absolute Gasteiger partial charge is 0.370 e. The Hall–Kier alpha value is -2.40. The number of benzene rings is 1. The minimum atomic E-state index is 0.494. The minimum absolute atomic E-state index is 0.494. The summed E-state index contributed by atoms with van der Waals surface area (Å²) in [5, 5.41) is 3.18. The normalized spacial score (nSPS) is 15.8. The van der Waals surface area contributed by atoms with Crippen molar-refractivity contribution in [2.24, 2.45) is 10.7 Å². The van der Waals surface area contributed by atoms with Crippen molar-refractivity contribution in [2.75, 3.05) is 19.6 Å². The van der Waals surface area contributed by atoms with Crippen LogP contribution in [-0.2, 0) is 19.5 Å². The molecule has 2 aromatic rings. The smallest absolute Gasteiger partial charge is 0.188 e. The van der Waals surface area contributed by atoms with Gasteiger partial charge in [0.15, 0.2) is 5.96 Å². The maximum Gasteiger partial charge on any atom is 0.188 e. The number of hydrogen-bond donors (Lipinski definition) is 2. The predicted octanol–water partition coefficient (Wildman–Crippen LogP) is 2.71. The summed E-state index contributed by atoms with van der Waals surface area (Å²) in [7, 11) is 0. The topological polar surface area (TPSA) is 66.5 Å². The molecule has 1 aromatic carbocycles. The summed E-state index contributed by atoms with van der Waals surface area (Å²) in [5.74, 6) is 0.494. The molecule has 3 N–H and O–H groups in total. The Morgan fingerprint density at radius 2 is 1.81 bits per heavy atom. The summed E-state index contributed by atoms with van der Waals surface area (Å²) in [6.07, 6.45) is 6.64. The summed E-state index contributed by atoms with van der Waals surface area (Å²) in [4.78, 5) is 11.4. The molecule has 0 spiro atoms. The standard InChI is InChI=1S/C21H29N5/c22-21(24-13-11-20-10-4-5-12-23-20)25-16-18-8-2-3-9-19(18)17-26-14-6-1-7-15-26/h2-5,8-10,12H,1,6-7,11,13-17H2,(H3,22,24,25). The Morgan fingerprint density at radius 3 is 2.58 bits per heavy atom. The Labute approximate surface area is 156 Å². The summed E-state index contributed by atoms with van der Waals surface area (Å²) in [6.45, 7) is 4.77. The van der Waals surface area contributed by atoms with Gasteiger partial charge in [-0.05, 0) is 49.2 Å². The van der Waals surface area contributed by atoms with E-state index < -0.39 is 0 Å². The van der Waals surface area contributed by atoms with Crippen molar-refractivity contribution in [1.29, 1.82) is 0 Å². The van der Waals surface area contributed by atoms with Gasteiger partial charge < -0.3 is 11.1 Å². The molecule has 26 heavy (non-hydrogen) atoms. The molecule has 1 aromatic heterocycles. The molecule has 5 heteroatoms. The lowest BCUT2D eigenvalue weighted by molar-refractivity contribution is 0.220. The van der Waals surface area contributed by atoms with Crippen LogP contribution < -0.4 is 11.1 Å². The molecule has 1 aliphatic rings. The fourth-order valence-corrected chi connectivity index (χ4v) is 3.32. The van der Waals surface area contributed by atoms with Gasteiger partial charge in [-0.3, -0.25) is 9.88 Å². The monoisotopic (exact) mass is 351 g/mol. The van der Waals surface area contributed by atoms with Gasteiger partial charge in [0.25, 0.3) is 0 Å². The highest BCUT2D eigenvalue weighted by molar-refractivity contribution is 5.77. The quantitative estimate of drug-likeness (QED) is 0.595. The summed E-state index contributed by atoms with van der Waals surface area (Å²) in [6, 6.07) is 14.5. The second-order valence-electron chi connectivity index (χ2n) is 6.80. The first-order valence-corrected chi connectivity index (χ1v) is 9.54. The minimum Gasteiger partial charge on any atom is -0.370 e. The SMILES string of the molecule is NC(=NCc1ccccc1CN1CCCCC1)NCCc1ccccn1. The molecule has 1 aliphatic heterocycles. The van der Waals surface area contributed by atoms with E-state index in [1.807, 2.05) is 24.4 Å². The first kappa shape index (κ1) is 18.4. The van der Waals surface area contributed by atoms with Crippen LogP contribution in [0.5, 0.6) is 0 Å². The van der Waals surface area contributed by atoms with E-state index >= 15 is 0 Å². The van der Waals surface area contributed by atoms with E-state index in [0.29, 0.717) is 12.5 Å². The van der Waals surface area contributed by atoms with Gasteiger partial charge in [0.2, 0.25) is 0 Å². The second-order valence-corrected chi connectivity index (χ2v) is 6.80. The van der Waals surface area contributed by atoms with Crippen molar-refractivity contribution in [2.45, 2.75) is 38.8 Å². The van der Waals surface area contributed by atoms with Gasteiger partial charge in [-0.25, -0.2) is 4.99 Å². The molecule has 2 heterocycles. The number of pyridine rings is 1. The van der Waals surface area contributed by atoms with Crippen LogP contribution in [0.15, 0.2) is 53.7 Å². The number of nitrogens with one attached hydrogen (secondary N) is 1. The number of piperidine rings is 1. The van der Waals surface area contributed by atoms with Gasteiger partial charge in [0, 0.05) is 31.4 Å². The van der Waals surface area contributed by atoms with Gasteiger partial charge in [-0.15, -0.1) is 0 Å². The summed E-state index contributed by atoms with van der Waals surface area (Å²) in [5.41, 5.74) is 9.70. The molecule has 0 saturated carbocycles. The number of nitrogens with two attached hydrogens (primary N) is 1. The molecule has 0 aliphatic carbocycles. The fraction of sp³-hybridized carbons (Fsp3) is 0.429. The number of nitrogens with zero attached hydrogens (tertiary/aromatic N) is 3. The lowest BCUT2D eigenvalue weighted by Gasteiger charge is -2.27. The zero-order chi connectivity index (χ0) is 18.0. The molecule has 138 valence electrons. The average molecular weight is 351 g/mol. The molecule has 5 nitrogen and oxygen atoms in total. The molecule has 0 radical (unpaired) electrons. The lowest BCUT2D eigenvalue weighted by Crippen LogP contribution is -2.33. The van der Waals surface area contributed by atoms with E-state index in [9.17, 15) is 0 Å². The van der Waals surface area contributed by atoms with Crippen molar-refractivity contribution in [1.82, 2.24) is 15.2 Å². The van der Waals surface area contributed by atoms with E-state index in [-0.39, 0.29) is 0 Å². The van der Waals surface area contributed by atoms with E-state index in [1.165, 1.54) is 43.5 Å². The van der Waals surface area contributed by atoms with Gasteiger partial charge >= 0.3 is 0 Å². The van der Waals surface area contributed by atoms with Crippen molar-refractivity contribution in [3.05, 3.63) is 65.5 Å². The van der Waals surface area contributed by atoms with Crippen LogP contribution in [0.3, 0.4) is 0 Å². The van der Waals surface area contributed by atoms with E-state index in [4.69, 9.17) is 5.73 Å². The summed E-state index contributed by atoms with van der Waals surface area (Å²) >= 11 is 0. The number of guanidine groups is 1. The van der Waals surface area contributed by atoms with Crippen LogP contribution in [0, 0.1) is 0 Å². The van der Waals surface area contributed by atoms with Crippen LogP contribution >= 0.6 is 0 Å². The van der Waals surface area contributed by atoms with Crippen molar-refractivity contribution < 1.29 is 0 Å². The average Bonchev–Trinajstić information content (AvgIpc) is 2.69. The van der Waals surface area contributed by atoms with Crippen LogP contribution in [0.2, 0.25) is 0 Å². The Balaban J connectivity index is 1.50. The van der Waals surface area contributed by atoms with Gasteiger partial charge in [0.1, 0.15) is 0 Å². The molecular weight excluding hydrogens is 322 g/mol. The van der Waals surface area contributed by atoms with Crippen LogP contribution in [0.1, 0.15) is 36.1 Å². The number of aromatic nitrogens is 1. The lowest BCUT2D eigenvalue weighted by atomic mass is 10.1. The Kier molecular flexibility index (Phi) is 7.02. The Bertz CT molecular complexity index is 693. The van der Waals surface area contributed by atoms with Crippen molar-refractivity contribution in [3.63, 3.8) is 0 Å². The fourth-order valence-electron chi connectivity index (χ4n) is 3.32. The summed E-state index contributed by atoms with van der Waals surface area (Å²) < 4.78 is 0. The van der Waals surface area contributed by atoms with E-state index in [0.717, 1.165) is 25.2 Å². The molecule has 0 unspecified atom stereocenters. The molecular formula is C21H29N5. The highest BCUT2D eigenvalue weighted by Gasteiger charge is 2.12.